The zero-order valence-electron chi connectivity index (χ0n) is 8.85. The normalized spacial score (nSPS) is 15.4. The minimum absolute atomic E-state index is 0.312. The predicted molar refractivity (Wildman–Crippen MR) is 56.0 cm³/mol. The molecule has 0 aliphatic rings. The second-order valence-electron chi connectivity index (χ2n) is 3.74. The van der Waals surface area contributed by atoms with Crippen molar-refractivity contribution in [3.8, 4) is 0 Å². The van der Waals surface area contributed by atoms with E-state index in [-0.39, 0.29) is 5.56 Å². The third-order valence-corrected chi connectivity index (χ3v) is 2.48. The SMILES string of the molecule is OB(O)CCC(O)(c1ccccc1)C(F)(F)F. The van der Waals surface area contributed by atoms with Crippen LogP contribution in [-0.2, 0) is 5.60 Å². The number of hydrogen-bond acceptors (Lipinski definition) is 3. The van der Waals surface area contributed by atoms with Gasteiger partial charge in [0.1, 0.15) is 0 Å². The van der Waals surface area contributed by atoms with Gasteiger partial charge in [0.05, 0.1) is 0 Å². The Hall–Kier alpha value is -1.05. The number of rotatable bonds is 4. The van der Waals surface area contributed by atoms with Gasteiger partial charge in [0.15, 0.2) is 5.60 Å². The van der Waals surface area contributed by atoms with E-state index in [0.717, 1.165) is 12.1 Å². The minimum atomic E-state index is -4.87. The molecule has 0 radical (unpaired) electrons. The molecule has 1 aromatic carbocycles. The number of benzene rings is 1. The number of aliphatic hydroxyl groups is 1. The second kappa shape index (κ2) is 5.08. The molecule has 94 valence electrons. The molecule has 0 saturated heterocycles. The van der Waals surface area contributed by atoms with Gasteiger partial charge in [-0.25, -0.2) is 0 Å². The summed E-state index contributed by atoms with van der Waals surface area (Å²) in [5.41, 5.74) is -3.37. The quantitative estimate of drug-likeness (QED) is 0.704. The Morgan fingerprint density at radius 3 is 2.00 bits per heavy atom. The van der Waals surface area contributed by atoms with Crippen molar-refractivity contribution in [3.63, 3.8) is 0 Å². The standard InChI is InChI=1S/C10H12BF3O3/c12-10(13,14)9(15,6-7-11(16)17)8-4-2-1-3-5-8/h1-5,15-17H,6-7H2. The van der Waals surface area contributed by atoms with Gasteiger partial charge in [-0.3, -0.25) is 0 Å². The van der Waals surface area contributed by atoms with Crippen LogP contribution in [0.25, 0.3) is 0 Å². The lowest BCUT2D eigenvalue weighted by atomic mass is 9.77. The smallest absolute Gasteiger partial charge is 0.427 e. The first-order valence-electron chi connectivity index (χ1n) is 4.98. The van der Waals surface area contributed by atoms with Gasteiger partial charge < -0.3 is 15.2 Å². The summed E-state index contributed by atoms with van der Waals surface area (Å²) in [5, 5.41) is 26.9. The molecule has 0 aliphatic carbocycles. The van der Waals surface area contributed by atoms with Gasteiger partial charge in [-0.15, -0.1) is 0 Å². The van der Waals surface area contributed by atoms with Gasteiger partial charge in [0.2, 0.25) is 0 Å². The summed E-state index contributed by atoms with van der Waals surface area (Å²) in [4.78, 5) is 0. The van der Waals surface area contributed by atoms with Crippen molar-refractivity contribution >= 4 is 7.12 Å². The fraction of sp³-hybridized carbons (Fsp3) is 0.400. The first kappa shape index (κ1) is 14.0. The lowest BCUT2D eigenvalue weighted by Gasteiger charge is -2.31. The van der Waals surface area contributed by atoms with Crippen LogP contribution in [0.2, 0.25) is 6.32 Å². The van der Waals surface area contributed by atoms with Gasteiger partial charge >= 0.3 is 13.3 Å². The van der Waals surface area contributed by atoms with Crippen molar-refractivity contribution in [3.05, 3.63) is 35.9 Å². The van der Waals surface area contributed by atoms with Gasteiger partial charge in [0, 0.05) is 0 Å². The maximum atomic E-state index is 12.8. The van der Waals surface area contributed by atoms with E-state index in [0.29, 0.717) is 0 Å². The van der Waals surface area contributed by atoms with Crippen LogP contribution in [0, 0.1) is 0 Å². The van der Waals surface area contributed by atoms with Crippen LogP contribution in [-0.4, -0.2) is 28.4 Å². The Morgan fingerprint density at radius 2 is 1.59 bits per heavy atom. The molecule has 0 aromatic heterocycles. The van der Waals surface area contributed by atoms with Crippen LogP contribution in [0.1, 0.15) is 12.0 Å². The molecule has 0 bridgehead atoms. The molecule has 0 fully saturated rings. The fourth-order valence-corrected chi connectivity index (χ4v) is 1.50. The monoisotopic (exact) mass is 248 g/mol. The topological polar surface area (TPSA) is 60.7 Å². The molecular formula is C10H12BF3O3. The summed E-state index contributed by atoms with van der Waals surface area (Å²) >= 11 is 0. The average molecular weight is 248 g/mol. The molecule has 7 heteroatoms. The molecular weight excluding hydrogens is 236 g/mol. The van der Waals surface area contributed by atoms with Crippen molar-refractivity contribution in [2.75, 3.05) is 0 Å². The molecule has 1 rings (SSSR count). The highest BCUT2D eigenvalue weighted by atomic mass is 19.4. The molecule has 0 saturated carbocycles. The molecule has 3 nitrogen and oxygen atoms in total. The van der Waals surface area contributed by atoms with E-state index < -0.39 is 31.6 Å². The lowest BCUT2D eigenvalue weighted by molar-refractivity contribution is -0.267. The van der Waals surface area contributed by atoms with Gasteiger partial charge in [0.25, 0.3) is 0 Å². The summed E-state index contributed by atoms with van der Waals surface area (Å²) in [6.07, 6.45) is -6.24. The molecule has 0 heterocycles. The number of alkyl halides is 3. The largest absolute Gasteiger partial charge is 0.451 e. The third-order valence-electron chi connectivity index (χ3n) is 2.48. The molecule has 1 unspecified atom stereocenters. The lowest BCUT2D eigenvalue weighted by Crippen LogP contribution is -2.43. The Kier molecular flexibility index (Phi) is 4.18. The van der Waals surface area contributed by atoms with Crippen LogP contribution in [0.3, 0.4) is 0 Å². The van der Waals surface area contributed by atoms with E-state index in [2.05, 4.69) is 0 Å². The Balaban J connectivity index is 3.03. The Labute approximate surface area is 96.7 Å². The molecule has 0 aliphatic heterocycles. The van der Waals surface area contributed by atoms with Crippen molar-refractivity contribution < 1.29 is 28.3 Å². The van der Waals surface area contributed by atoms with Crippen molar-refractivity contribution in [2.45, 2.75) is 24.5 Å². The average Bonchev–Trinajstić information content (AvgIpc) is 2.25. The van der Waals surface area contributed by atoms with E-state index in [1.54, 1.807) is 0 Å². The van der Waals surface area contributed by atoms with Gasteiger partial charge in [-0.1, -0.05) is 30.3 Å². The molecule has 3 N–H and O–H groups in total. The van der Waals surface area contributed by atoms with Gasteiger partial charge in [-0.2, -0.15) is 13.2 Å². The fourth-order valence-electron chi connectivity index (χ4n) is 1.50. The van der Waals surface area contributed by atoms with E-state index in [1.165, 1.54) is 18.2 Å². The van der Waals surface area contributed by atoms with E-state index in [9.17, 15) is 18.3 Å². The Bertz CT molecular complexity index is 356. The van der Waals surface area contributed by atoms with Crippen molar-refractivity contribution in [1.29, 1.82) is 0 Å². The highest BCUT2D eigenvalue weighted by Crippen LogP contribution is 2.42. The molecule has 1 aromatic rings. The van der Waals surface area contributed by atoms with Crippen LogP contribution in [0.4, 0.5) is 13.2 Å². The van der Waals surface area contributed by atoms with Crippen LogP contribution >= 0.6 is 0 Å². The third kappa shape index (κ3) is 3.21. The summed E-state index contributed by atoms with van der Waals surface area (Å²) < 4.78 is 38.5. The molecule has 0 spiro atoms. The van der Waals surface area contributed by atoms with Crippen LogP contribution in [0.15, 0.2) is 30.3 Å². The van der Waals surface area contributed by atoms with Crippen molar-refractivity contribution in [2.24, 2.45) is 0 Å². The maximum absolute atomic E-state index is 12.8. The van der Waals surface area contributed by atoms with Crippen molar-refractivity contribution in [1.82, 2.24) is 0 Å². The first-order valence-corrected chi connectivity index (χ1v) is 4.98. The molecule has 17 heavy (non-hydrogen) atoms. The zero-order chi connectivity index (χ0) is 13.1. The van der Waals surface area contributed by atoms with Crippen LogP contribution in [0.5, 0.6) is 0 Å². The maximum Gasteiger partial charge on any atom is 0.451 e. The van der Waals surface area contributed by atoms with Gasteiger partial charge in [-0.05, 0) is 18.3 Å². The molecule has 0 amide bonds. The van der Waals surface area contributed by atoms with E-state index in [1.807, 2.05) is 0 Å². The number of halogens is 3. The number of hydrogen-bond donors (Lipinski definition) is 3. The van der Waals surface area contributed by atoms with E-state index >= 15 is 0 Å². The first-order chi connectivity index (χ1) is 7.77. The zero-order valence-corrected chi connectivity index (χ0v) is 8.85. The minimum Gasteiger partial charge on any atom is -0.427 e. The van der Waals surface area contributed by atoms with E-state index in [4.69, 9.17) is 10.0 Å². The Morgan fingerprint density at radius 1 is 1.06 bits per heavy atom. The highest BCUT2D eigenvalue weighted by Gasteiger charge is 2.54. The highest BCUT2D eigenvalue weighted by molar-refractivity contribution is 6.40. The summed E-state index contributed by atoms with van der Waals surface area (Å²) in [7, 11) is -1.88. The predicted octanol–water partition coefficient (Wildman–Crippen LogP) is 1.30. The van der Waals surface area contributed by atoms with Crippen LogP contribution < -0.4 is 0 Å². The summed E-state index contributed by atoms with van der Waals surface area (Å²) in [6, 6.07) is 6.58. The second-order valence-corrected chi connectivity index (χ2v) is 3.74. The summed E-state index contributed by atoms with van der Waals surface area (Å²) in [5.74, 6) is 0. The molecule has 1 atom stereocenters. The summed E-state index contributed by atoms with van der Waals surface area (Å²) in [6.45, 7) is 0.